The molecule has 2 aromatic rings. The molecule has 0 unspecified atom stereocenters. The largest absolute Gasteiger partial charge is 0.277 e. The monoisotopic (exact) mass is 195 g/mol. The third kappa shape index (κ3) is 1.29. The molecule has 0 saturated heterocycles. The molecule has 0 fully saturated rings. The molecule has 2 heterocycles. The molecule has 0 saturated carbocycles. The summed E-state index contributed by atoms with van der Waals surface area (Å²) in [5, 5.41) is 8.61. The fourth-order valence-electron chi connectivity index (χ4n) is 1.37. The maximum absolute atomic E-state index is 5.98. The van der Waals surface area contributed by atoms with Gasteiger partial charge in [-0.1, -0.05) is 25.4 Å². The summed E-state index contributed by atoms with van der Waals surface area (Å²) >= 11 is 5.98. The molecule has 0 aliphatic heterocycles. The van der Waals surface area contributed by atoms with Crippen LogP contribution in [0, 0.1) is 0 Å². The van der Waals surface area contributed by atoms with Gasteiger partial charge in [-0.3, -0.25) is 5.10 Å². The summed E-state index contributed by atoms with van der Waals surface area (Å²) in [5.74, 6) is 0.357. The summed E-state index contributed by atoms with van der Waals surface area (Å²) < 4.78 is 0. The molecule has 0 radical (unpaired) electrons. The van der Waals surface area contributed by atoms with E-state index in [1.807, 2.05) is 6.07 Å². The van der Waals surface area contributed by atoms with Gasteiger partial charge in [0.2, 0.25) is 0 Å². The molecule has 0 bridgehead atoms. The first-order valence-corrected chi connectivity index (χ1v) is 4.56. The van der Waals surface area contributed by atoms with Gasteiger partial charge in [-0.25, -0.2) is 4.98 Å². The molecular weight excluding hydrogens is 186 g/mol. The summed E-state index contributed by atoms with van der Waals surface area (Å²) in [6.45, 7) is 4.16. The molecule has 0 atom stereocenters. The number of H-pyrrole nitrogens is 1. The lowest BCUT2D eigenvalue weighted by molar-refractivity contribution is 0.817. The lowest BCUT2D eigenvalue weighted by Crippen LogP contribution is -1.88. The van der Waals surface area contributed by atoms with Gasteiger partial charge in [-0.15, -0.1) is 0 Å². The lowest BCUT2D eigenvalue weighted by Gasteiger charge is -2.00. The highest BCUT2D eigenvalue weighted by molar-refractivity contribution is 6.34. The minimum absolute atomic E-state index is 0.357. The molecule has 0 amide bonds. The topological polar surface area (TPSA) is 41.6 Å². The van der Waals surface area contributed by atoms with E-state index in [4.69, 9.17) is 11.6 Å². The number of nitrogens with zero attached hydrogens (tertiary/aromatic N) is 2. The van der Waals surface area contributed by atoms with Crippen LogP contribution in [0.3, 0.4) is 0 Å². The molecule has 2 rings (SSSR count). The van der Waals surface area contributed by atoms with E-state index in [9.17, 15) is 0 Å². The molecule has 3 nitrogen and oxygen atoms in total. The maximum Gasteiger partial charge on any atom is 0.140 e. The molecule has 2 aromatic heterocycles. The second-order valence-corrected chi connectivity index (χ2v) is 3.65. The number of aromatic nitrogens is 3. The summed E-state index contributed by atoms with van der Waals surface area (Å²) in [6, 6.07) is 1.88. The predicted molar refractivity (Wildman–Crippen MR) is 53.0 cm³/mol. The Morgan fingerprint density at radius 3 is 2.92 bits per heavy atom. The van der Waals surface area contributed by atoms with E-state index in [1.165, 1.54) is 0 Å². The van der Waals surface area contributed by atoms with Gasteiger partial charge in [0.1, 0.15) is 5.15 Å². The highest BCUT2D eigenvalue weighted by atomic mass is 35.5. The van der Waals surface area contributed by atoms with Crippen molar-refractivity contribution in [1.29, 1.82) is 0 Å². The van der Waals surface area contributed by atoms with Gasteiger partial charge >= 0.3 is 0 Å². The standard InChI is InChI=1S/C9H10ClN3/c1-5(2)8-7-6(12-13-8)3-4-11-9(7)10/h3-5H,1-2H3,(H,12,13). The highest BCUT2D eigenvalue weighted by Crippen LogP contribution is 2.27. The van der Waals surface area contributed by atoms with Crippen molar-refractivity contribution >= 4 is 22.5 Å². The number of nitrogens with one attached hydrogen (secondary N) is 1. The minimum atomic E-state index is 0.357. The van der Waals surface area contributed by atoms with E-state index in [-0.39, 0.29) is 0 Å². The molecule has 0 aromatic carbocycles. The second kappa shape index (κ2) is 3.00. The van der Waals surface area contributed by atoms with Gasteiger partial charge in [0.05, 0.1) is 16.6 Å². The van der Waals surface area contributed by atoms with Gasteiger partial charge in [0, 0.05) is 6.20 Å². The van der Waals surface area contributed by atoms with E-state index in [0.717, 1.165) is 16.6 Å². The molecular formula is C9H10ClN3. The SMILES string of the molecule is CC(C)c1n[nH]c2ccnc(Cl)c12. The van der Waals surface area contributed by atoms with Crippen molar-refractivity contribution in [3.63, 3.8) is 0 Å². The van der Waals surface area contributed by atoms with Crippen LogP contribution in [-0.2, 0) is 0 Å². The first-order chi connectivity index (χ1) is 6.20. The van der Waals surface area contributed by atoms with Crippen molar-refractivity contribution in [3.05, 3.63) is 23.1 Å². The van der Waals surface area contributed by atoms with Crippen LogP contribution in [0.2, 0.25) is 5.15 Å². The maximum atomic E-state index is 5.98. The first-order valence-electron chi connectivity index (χ1n) is 4.18. The normalized spacial score (nSPS) is 11.4. The van der Waals surface area contributed by atoms with Gasteiger partial charge in [-0.2, -0.15) is 5.10 Å². The van der Waals surface area contributed by atoms with Gasteiger partial charge in [0.15, 0.2) is 0 Å². The fourth-order valence-corrected chi connectivity index (χ4v) is 1.62. The van der Waals surface area contributed by atoms with Crippen LogP contribution in [0.5, 0.6) is 0 Å². The predicted octanol–water partition coefficient (Wildman–Crippen LogP) is 2.73. The van der Waals surface area contributed by atoms with Crippen LogP contribution in [0.15, 0.2) is 12.3 Å². The Bertz CT molecular complexity index is 433. The Kier molecular flexibility index (Phi) is 1.96. The summed E-state index contributed by atoms with van der Waals surface area (Å²) in [5.41, 5.74) is 1.93. The van der Waals surface area contributed by atoms with Crippen molar-refractivity contribution in [2.24, 2.45) is 0 Å². The molecule has 0 spiro atoms. The quantitative estimate of drug-likeness (QED) is 0.711. The number of pyridine rings is 1. The smallest absolute Gasteiger partial charge is 0.140 e. The molecule has 1 N–H and O–H groups in total. The number of rotatable bonds is 1. The number of fused-ring (bicyclic) bond motifs is 1. The Hall–Kier alpha value is -1.09. The Morgan fingerprint density at radius 1 is 1.46 bits per heavy atom. The van der Waals surface area contributed by atoms with Gasteiger partial charge in [-0.05, 0) is 12.0 Å². The summed E-state index contributed by atoms with van der Waals surface area (Å²) in [7, 11) is 0. The van der Waals surface area contributed by atoms with Crippen molar-refractivity contribution in [2.75, 3.05) is 0 Å². The van der Waals surface area contributed by atoms with E-state index < -0.39 is 0 Å². The zero-order valence-corrected chi connectivity index (χ0v) is 8.26. The molecule has 0 aliphatic carbocycles. The Labute approximate surface area is 81.1 Å². The zero-order valence-electron chi connectivity index (χ0n) is 7.50. The zero-order chi connectivity index (χ0) is 9.42. The molecule has 4 heteroatoms. The molecule has 0 aliphatic rings. The van der Waals surface area contributed by atoms with Crippen LogP contribution >= 0.6 is 11.6 Å². The highest BCUT2D eigenvalue weighted by Gasteiger charge is 2.12. The van der Waals surface area contributed by atoms with Crippen molar-refractivity contribution in [1.82, 2.24) is 15.2 Å². The Balaban J connectivity index is 2.79. The van der Waals surface area contributed by atoms with Crippen LogP contribution < -0.4 is 0 Å². The van der Waals surface area contributed by atoms with Crippen molar-refractivity contribution < 1.29 is 0 Å². The average molecular weight is 196 g/mol. The molecule has 68 valence electrons. The number of aromatic amines is 1. The van der Waals surface area contributed by atoms with Gasteiger partial charge in [0.25, 0.3) is 0 Å². The number of hydrogen-bond donors (Lipinski definition) is 1. The van der Waals surface area contributed by atoms with Crippen molar-refractivity contribution in [2.45, 2.75) is 19.8 Å². The van der Waals surface area contributed by atoms with Crippen LogP contribution in [0.25, 0.3) is 10.9 Å². The van der Waals surface area contributed by atoms with Crippen molar-refractivity contribution in [3.8, 4) is 0 Å². The van der Waals surface area contributed by atoms with E-state index in [2.05, 4.69) is 29.0 Å². The van der Waals surface area contributed by atoms with Crippen LogP contribution in [0.1, 0.15) is 25.5 Å². The van der Waals surface area contributed by atoms with E-state index in [1.54, 1.807) is 6.20 Å². The van der Waals surface area contributed by atoms with Crippen LogP contribution in [0.4, 0.5) is 0 Å². The number of halogens is 1. The third-order valence-corrected chi connectivity index (χ3v) is 2.29. The van der Waals surface area contributed by atoms with E-state index >= 15 is 0 Å². The third-order valence-electron chi connectivity index (χ3n) is 2.00. The fraction of sp³-hybridized carbons (Fsp3) is 0.333. The summed E-state index contributed by atoms with van der Waals surface area (Å²) in [4.78, 5) is 4.03. The first kappa shape index (κ1) is 8.51. The van der Waals surface area contributed by atoms with Gasteiger partial charge < -0.3 is 0 Å². The second-order valence-electron chi connectivity index (χ2n) is 3.29. The molecule has 13 heavy (non-hydrogen) atoms. The minimum Gasteiger partial charge on any atom is -0.277 e. The van der Waals surface area contributed by atoms with E-state index in [0.29, 0.717) is 11.1 Å². The van der Waals surface area contributed by atoms with Crippen LogP contribution in [-0.4, -0.2) is 15.2 Å². The average Bonchev–Trinajstić information content (AvgIpc) is 2.49. The number of hydrogen-bond acceptors (Lipinski definition) is 2. The lowest BCUT2D eigenvalue weighted by atomic mass is 10.1. The summed E-state index contributed by atoms with van der Waals surface area (Å²) in [6.07, 6.45) is 1.67. The Morgan fingerprint density at radius 2 is 2.23 bits per heavy atom.